The first-order valence-corrected chi connectivity index (χ1v) is 10.2. The number of hydrogen-bond acceptors (Lipinski definition) is 4. The maximum atomic E-state index is 12.7. The van der Waals surface area contributed by atoms with Gasteiger partial charge in [0.2, 0.25) is 5.91 Å². The summed E-state index contributed by atoms with van der Waals surface area (Å²) in [7, 11) is 1.79. The lowest BCUT2D eigenvalue weighted by Crippen LogP contribution is -2.37. The Morgan fingerprint density at radius 1 is 1.13 bits per heavy atom. The number of halogens is 1. The topological polar surface area (TPSA) is 79.0 Å². The fourth-order valence-electron chi connectivity index (χ4n) is 3.09. The van der Waals surface area contributed by atoms with Crippen molar-refractivity contribution in [3.63, 3.8) is 0 Å². The van der Waals surface area contributed by atoms with Crippen molar-refractivity contribution in [3.05, 3.63) is 69.6 Å². The Kier molecular flexibility index (Phi) is 6.37. The van der Waals surface area contributed by atoms with Gasteiger partial charge in [-0.3, -0.25) is 9.78 Å². The second-order valence-electron chi connectivity index (χ2n) is 7.90. The van der Waals surface area contributed by atoms with Crippen molar-refractivity contribution in [1.29, 1.82) is 0 Å². The van der Waals surface area contributed by atoms with Crippen LogP contribution in [0.15, 0.2) is 53.3 Å². The third-order valence-electron chi connectivity index (χ3n) is 5.20. The number of aromatic nitrogens is 3. The normalized spacial score (nSPS) is 11.4. The molecule has 6 nitrogen and oxygen atoms in total. The molecule has 0 fully saturated rings. The third-order valence-corrected chi connectivity index (χ3v) is 5.53. The summed E-state index contributed by atoms with van der Waals surface area (Å²) in [4.78, 5) is 37.7. The molecule has 1 N–H and O–H groups in total. The van der Waals surface area contributed by atoms with Crippen molar-refractivity contribution in [2.75, 3.05) is 7.05 Å². The molecule has 7 heteroatoms. The zero-order chi connectivity index (χ0) is 21.9. The van der Waals surface area contributed by atoms with Gasteiger partial charge < -0.3 is 4.90 Å². The fourth-order valence-corrected chi connectivity index (χ4v) is 3.30. The highest BCUT2D eigenvalue weighted by atomic mass is 35.5. The van der Waals surface area contributed by atoms with Crippen LogP contribution in [0.25, 0.3) is 22.8 Å². The number of H-pyrrole nitrogens is 1. The minimum Gasteiger partial charge on any atom is -0.341 e. The molecular weight excluding hydrogens is 400 g/mol. The molecule has 3 rings (SSSR count). The summed E-state index contributed by atoms with van der Waals surface area (Å²) in [6.07, 6.45) is 0.756. The molecule has 0 unspecified atom stereocenters. The Morgan fingerprint density at radius 3 is 2.50 bits per heavy atom. The van der Waals surface area contributed by atoms with E-state index in [0.717, 1.165) is 17.5 Å². The quantitative estimate of drug-likeness (QED) is 0.629. The highest BCUT2D eigenvalue weighted by molar-refractivity contribution is 6.33. The van der Waals surface area contributed by atoms with Gasteiger partial charge in [-0.15, -0.1) is 0 Å². The molecule has 0 radical (unpaired) electrons. The van der Waals surface area contributed by atoms with Gasteiger partial charge in [0.1, 0.15) is 5.82 Å². The number of aromatic amines is 1. The van der Waals surface area contributed by atoms with Crippen LogP contribution in [-0.2, 0) is 11.3 Å². The molecule has 0 atom stereocenters. The van der Waals surface area contributed by atoms with E-state index in [4.69, 9.17) is 11.6 Å². The zero-order valence-corrected chi connectivity index (χ0v) is 18.3. The van der Waals surface area contributed by atoms with Crippen molar-refractivity contribution in [2.45, 2.75) is 33.7 Å². The molecule has 1 amide bonds. The highest BCUT2D eigenvalue weighted by Gasteiger charge is 2.28. The van der Waals surface area contributed by atoms with Gasteiger partial charge in [0.15, 0.2) is 5.82 Å². The Balaban J connectivity index is 1.96. The number of nitrogens with zero attached hydrogens (tertiary/aromatic N) is 3. The van der Waals surface area contributed by atoms with E-state index >= 15 is 0 Å². The van der Waals surface area contributed by atoms with Gasteiger partial charge in [0.25, 0.3) is 0 Å². The summed E-state index contributed by atoms with van der Waals surface area (Å²) in [6.45, 7) is 6.31. The summed E-state index contributed by atoms with van der Waals surface area (Å²) >= 11 is 6.41. The van der Waals surface area contributed by atoms with Crippen LogP contribution in [0.3, 0.4) is 0 Å². The molecule has 0 aliphatic rings. The molecule has 2 aromatic carbocycles. The summed E-state index contributed by atoms with van der Waals surface area (Å²) in [5.74, 6) is 0.736. The minimum absolute atomic E-state index is 0.0725. The second-order valence-corrected chi connectivity index (χ2v) is 8.31. The molecular formula is C23H25ClN4O2. The number of carbonyl (C=O) groups excluding carboxylic acids is 1. The summed E-state index contributed by atoms with van der Waals surface area (Å²) in [5, 5.41) is 0.454. The zero-order valence-electron chi connectivity index (χ0n) is 17.6. The van der Waals surface area contributed by atoms with Crippen LogP contribution in [0.1, 0.15) is 32.8 Å². The van der Waals surface area contributed by atoms with Crippen LogP contribution >= 0.6 is 11.6 Å². The van der Waals surface area contributed by atoms with Crippen molar-refractivity contribution in [1.82, 2.24) is 19.9 Å². The molecule has 0 bridgehead atoms. The standard InChI is InChI=1S/C23H25ClN4O2/c1-5-23(2,3)21(29)28(4)14-15-11-12-18(24)17(13-15)20-25-19(26-22(30)27-20)16-9-7-6-8-10-16/h6-13H,5,14H2,1-4H3,(H,25,26,27,30). The van der Waals surface area contributed by atoms with Gasteiger partial charge in [0.05, 0.1) is 5.02 Å². The number of benzene rings is 2. The predicted molar refractivity (Wildman–Crippen MR) is 119 cm³/mol. The largest absolute Gasteiger partial charge is 0.348 e. The first-order chi connectivity index (χ1) is 14.2. The van der Waals surface area contributed by atoms with E-state index in [9.17, 15) is 9.59 Å². The van der Waals surface area contributed by atoms with Gasteiger partial charge in [-0.1, -0.05) is 68.8 Å². The molecule has 0 aliphatic heterocycles. The molecule has 1 aromatic heterocycles. The van der Waals surface area contributed by atoms with Crippen molar-refractivity contribution < 1.29 is 4.79 Å². The third kappa shape index (κ3) is 4.76. The summed E-state index contributed by atoms with van der Waals surface area (Å²) in [6, 6.07) is 14.7. The van der Waals surface area contributed by atoms with E-state index in [-0.39, 0.29) is 5.91 Å². The average molecular weight is 425 g/mol. The van der Waals surface area contributed by atoms with E-state index in [2.05, 4.69) is 15.0 Å². The average Bonchev–Trinajstić information content (AvgIpc) is 2.74. The van der Waals surface area contributed by atoms with E-state index in [0.29, 0.717) is 28.8 Å². The smallest absolute Gasteiger partial charge is 0.341 e. The van der Waals surface area contributed by atoms with E-state index in [1.807, 2.05) is 63.2 Å². The van der Waals surface area contributed by atoms with Crippen LogP contribution in [0.5, 0.6) is 0 Å². The Morgan fingerprint density at radius 2 is 1.83 bits per heavy atom. The summed E-state index contributed by atoms with van der Waals surface area (Å²) in [5.41, 5.74) is 1.29. The first kappa shape index (κ1) is 21.7. The minimum atomic E-state index is -0.502. The lowest BCUT2D eigenvalue weighted by Gasteiger charge is -2.28. The van der Waals surface area contributed by atoms with Crippen molar-refractivity contribution in [3.8, 4) is 22.8 Å². The van der Waals surface area contributed by atoms with Gasteiger partial charge in [-0.25, -0.2) is 9.78 Å². The fraction of sp³-hybridized carbons (Fsp3) is 0.304. The summed E-state index contributed by atoms with van der Waals surface area (Å²) < 4.78 is 0. The van der Waals surface area contributed by atoms with Crippen molar-refractivity contribution in [2.24, 2.45) is 5.41 Å². The number of carbonyl (C=O) groups is 1. The Hall–Kier alpha value is -2.99. The molecule has 0 spiro atoms. The molecule has 1 heterocycles. The van der Waals surface area contributed by atoms with Gasteiger partial charge in [-0.05, 0) is 24.1 Å². The molecule has 0 aliphatic carbocycles. The maximum absolute atomic E-state index is 12.7. The van der Waals surface area contributed by atoms with Gasteiger partial charge in [0, 0.05) is 30.1 Å². The number of rotatable bonds is 6. The van der Waals surface area contributed by atoms with Crippen molar-refractivity contribution >= 4 is 17.5 Å². The van der Waals surface area contributed by atoms with E-state index in [1.165, 1.54) is 0 Å². The monoisotopic (exact) mass is 424 g/mol. The first-order valence-electron chi connectivity index (χ1n) is 9.79. The maximum Gasteiger partial charge on any atom is 0.348 e. The van der Waals surface area contributed by atoms with Gasteiger partial charge in [-0.2, -0.15) is 4.98 Å². The lowest BCUT2D eigenvalue weighted by atomic mass is 9.88. The van der Waals surface area contributed by atoms with Gasteiger partial charge >= 0.3 is 5.69 Å². The van der Waals surface area contributed by atoms with Crippen LogP contribution in [0.2, 0.25) is 5.02 Å². The molecule has 0 saturated heterocycles. The Bertz CT molecular complexity index is 1110. The van der Waals surface area contributed by atoms with Crippen LogP contribution in [0, 0.1) is 5.41 Å². The lowest BCUT2D eigenvalue weighted by molar-refractivity contribution is -0.139. The molecule has 30 heavy (non-hydrogen) atoms. The van der Waals surface area contributed by atoms with Crippen LogP contribution < -0.4 is 5.69 Å². The number of amides is 1. The molecule has 0 saturated carbocycles. The second kappa shape index (κ2) is 8.79. The number of hydrogen-bond donors (Lipinski definition) is 1. The SMILES string of the molecule is CCC(C)(C)C(=O)N(C)Cc1ccc(Cl)c(-c2nc(-c3ccccc3)nc(=O)[nH]2)c1. The van der Waals surface area contributed by atoms with E-state index < -0.39 is 11.1 Å². The predicted octanol–water partition coefficient (Wildman–Crippen LogP) is 4.55. The molecule has 156 valence electrons. The van der Waals surface area contributed by atoms with Crippen LogP contribution in [-0.4, -0.2) is 32.8 Å². The number of nitrogens with one attached hydrogen (secondary N) is 1. The van der Waals surface area contributed by atoms with E-state index in [1.54, 1.807) is 18.0 Å². The molecule has 3 aromatic rings. The highest BCUT2D eigenvalue weighted by Crippen LogP contribution is 2.28. The Labute approximate surface area is 181 Å². The van der Waals surface area contributed by atoms with Crippen LogP contribution in [0.4, 0.5) is 0 Å².